The number of hydrogen-bond acceptors (Lipinski definition) is 5. The fourth-order valence-corrected chi connectivity index (χ4v) is 7.26. The summed E-state index contributed by atoms with van der Waals surface area (Å²) in [4.78, 5) is 5.06. The number of benzene rings is 2. The van der Waals surface area contributed by atoms with Crippen molar-refractivity contribution in [3.8, 4) is 0 Å². The van der Waals surface area contributed by atoms with E-state index in [2.05, 4.69) is 4.57 Å². The number of fused-ring (bicyclic) bond motifs is 1. The third-order valence-electron chi connectivity index (χ3n) is 6.17. The summed E-state index contributed by atoms with van der Waals surface area (Å²) in [5.41, 5.74) is 2.33. The van der Waals surface area contributed by atoms with Crippen molar-refractivity contribution in [2.24, 2.45) is 0 Å². The predicted molar refractivity (Wildman–Crippen MR) is 128 cm³/mol. The number of nitrogens with zero attached hydrogens (tertiary/aromatic N) is 3. The van der Waals surface area contributed by atoms with Gasteiger partial charge in [0.15, 0.2) is 5.16 Å². The van der Waals surface area contributed by atoms with Crippen molar-refractivity contribution < 1.29 is 17.5 Å². The molecule has 10 heteroatoms. The first-order chi connectivity index (χ1) is 15.9. The van der Waals surface area contributed by atoms with Crippen LogP contribution >= 0.6 is 23.4 Å². The van der Waals surface area contributed by atoms with Gasteiger partial charge in [0.1, 0.15) is 5.82 Å². The SMILES string of the molecule is O=S(=O)(c1ccc2c(c1)nc(SCc1ccc(F)cc1Cl)n2C[C@@H]1CCCO1)N1CCCC1. The number of aromatic nitrogens is 2. The molecule has 0 spiro atoms. The molecule has 6 nitrogen and oxygen atoms in total. The minimum Gasteiger partial charge on any atom is -0.376 e. The van der Waals surface area contributed by atoms with Gasteiger partial charge in [0.2, 0.25) is 10.0 Å². The maximum atomic E-state index is 13.4. The van der Waals surface area contributed by atoms with Gasteiger partial charge in [0, 0.05) is 30.5 Å². The van der Waals surface area contributed by atoms with E-state index in [-0.39, 0.29) is 16.8 Å². The van der Waals surface area contributed by atoms with Gasteiger partial charge in [-0.15, -0.1) is 0 Å². The summed E-state index contributed by atoms with van der Waals surface area (Å²) in [6, 6.07) is 9.57. The standard InChI is InChI=1S/C23H25ClFN3O3S2/c24-20-12-17(25)6-5-16(20)15-32-23-26-21-13-19(33(29,30)27-9-1-2-10-27)7-8-22(21)28(23)14-18-4-3-11-31-18/h5-8,12-13,18H,1-4,9-11,14-15H2/t18-/m0/s1. The van der Waals surface area contributed by atoms with Crippen molar-refractivity contribution in [3.63, 3.8) is 0 Å². The molecule has 2 aromatic carbocycles. The maximum absolute atomic E-state index is 13.4. The Bertz CT molecular complexity index is 1270. The Morgan fingerprint density at radius 2 is 1.97 bits per heavy atom. The molecule has 3 heterocycles. The highest BCUT2D eigenvalue weighted by Gasteiger charge is 2.28. The first kappa shape index (κ1) is 23.1. The van der Waals surface area contributed by atoms with Gasteiger partial charge in [-0.2, -0.15) is 4.31 Å². The molecule has 5 rings (SSSR count). The quantitative estimate of drug-likeness (QED) is 0.415. The van der Waals surface area contributed by atoms with Crippen molar-refractivity contribution in [1.82, 2.24) is 13.9 Å². The molecule has 0 saturated carbocycles. The van der Waals surface area contributed by atoms with Crippen LogP contribution in [0.4, 0.5) is 4.39 Å². The van der Waals surface area contributed by atoms with Crippen molar-refractivity contribution >= 4 is 44.4 Å². The monoisotopic (exact) mass is 509 g/mol. The van der Waals surface area contributed by atoms with Crippen LogP contribution in [-0.4, -0.2) is 48.1 Å². The molecule has 2 saturated heterocycles. The van der Waals surface area contributed by atoms with Crippen molar-refractivity contribution in [1.29, 1.82) is 0 Å². The summed E-state index contributed by atoms with van der Waals surface area (Å²) in [6.45, 7) is 2.53. The fraction of sp³-hybridized carbons (Fsp3) is 0.435. The van der Waals surface area contributed by atoms with Gasteiger partial charge in [-0.05, 0) is 61.6 Å². The molecule has 2 aliphatic rings. The highest BCUT2D eigenvalue weighted by Crippen LogP contribution is 2.32. The molecule has 2 aliphatic heterocycles. The summed E-state index contributed by atoms with van der Waals surface area (Å²) in [5.74, 6) is 0.151. The molecule has 0 N–H and O–H groups in total. The topological polar surface area (TPSA) is 64.4 Å². The second-order valence-corrected chi connectivity index (χ2v) is 11.7. The molecular formula is C23H25ClFN3O3S2. The summed E-state index contributed by atoms with van der Waals surface area (Å²) >= 11 is 7.71. The van der Waals surface area contributed by atoms with Crippen molar-refractivity contribution in [2.45, 2.75) is 54.1 Å². The van der Waals surface area contributed by atoms with Crippen LogP contribution in [0.25, 0.3) is 11.0 Å². The summed E-state index contributed by atoms with van der Waals surface area (Å²) in [7, 11) is -3.52. The molecule has 1 aromatic heterocycles. The van der Waals surface area contributed by atoms with E-state index >= 15 is 0 Å². The van der Waals surface area contributed by atoms with E-state index in [0.29, 0.717) is 35.9 Å². The number of rotatable bonds is 7. The minimum atomic E-state index is -3.52. The van der Waals surface area contributed by atoms with E-state index in [9.17, 15) is 12.8 Å². The summed E-state index contributed by atoms with van der Waals surface area (Å²) in [5, 5.41) is 1.14. The van der Waals surface area contributed by atoms with Crippen LogP contribution in [0, 0.1) is 5.82 Å². The van der Waals surface area contributed by atoms with Crippen molar-refractivity contribution in [2.75, 3.05) is 19.7 Å². The molecule has 2 fully saturated rings. The number of hydrogen-bond donors (Lipinski definition) is 0. The van der Waals surface area contributed by atoms with Gasteiger partial charge >= 0.3 is 0 Å². The van der Waals surface area contributed by atoms with Gasteiger partial charge < -0.3 is 9.30 Å². The van der Waals surface area contributed by atoms with Gasteiger partial charge in [-0.25, -0.2) is 17.8 Å². The van der Waals surface area contributed by atoms with E-state index in [1.807, 2.05) is 6.07 Å². The van der Waals surface area contributed by atoms with Crippen LogP contribution < -0.4 is 0 Å². The predicted octanol–water partition coefficient (Wildman–Crippen LogP) is 5.08. The fourth-order valence-electron chi connectivity index (χ4n) is 4.39. The largest absolute Gasteiger partial charge is 0.376 e. The number of sulfonamides is 1. The van der Waals surface area contributed by atoms with E-state index in [0.717, 1.165) is 48.5 Å². The van der Waals surface area contributed by atoms with Gasteiger partial charge in [0.25, 0.3) is 0 Å². The zero-order chi connectivity index (χ0) is 23.0. The third kappa shape index (κ3) is 4.79. The van der Waals surface area contributed by atoms with Crippen LogP contribution in [0.1, 0.15) is 31.2 Å². The van der Waals surface area contributed by atoms with Crippen LogP contribution in [0.2, 0.25) is 5.02 Å². The first-order valence-corrected chi connectivity index (χ1v) is 13.9. The highest BCUT2D eigenvalue weighted by molar-refractivity contribution is 7.98. The van der Waals surface area contributed by atoms with Crippen LogP contribution in [-0.2, 0) is 27.1 Å². The van der Waals surface area contributed by atoms with E-state index in [1.54, 1.807) is 22.5 Å². The summed E-state index contributed by atoms with van der Waals surface area (Å²) < 4.78 is 49.0. The van der Waals surface area contributed by atoms with Gasteiger partial charge in [-0.3, -0.25) is 0 Å². The molecule has 0 bridgehead atoms. The third-order valence-corrected chi connectivity index (χ3v) is 9.44. The molecule has 0 radical (unpaired) electrons. The lowest BCUT2D eigenvalue weighted by molar-refractivity contribution is 0.0960. The Balaban J connectivity index is 1.48. The van der Waals surface area contributed by atoms with E-state index in [4.69, 9.17) is 21.3 Å². The molecule has 0 aliphatic carbocycles. The normalized spacial score (nSPS) is 19.6. The van der Waals surface area contributed by atoms with Gasteiger partial charge in [-0.1, -0.05) is 29.4 Å². The summed E-state index contributed by atoms with van der Waals surface area (Å²) in [6.07, 6.45) is 3.90. The second kappa shape index (κ2) is 9.54. The lowest BCUT2D eigenvalue weighted by Crippen LogP contribution is -2.27. The van der Waals surface area contributed by atoms with E-state index < -0.39 is 10.0 Å². The van der Waals surface area contributed by atoms with Crippen LogP contribution in [0.5, 0.6) is 0 Å². The number of ether oxygens (including phenoxy) is 1. The Kier molecular flexibility index (Phi) is 6.68. The van der Waals surface area contributed by atoms with Crippen LogP contribution in [0.3, 0.4) is 0 Å². The van der Waals surface area contributed by atoms with Crippen molar-refractivity contribution in [3.05, 3.63) is 52.8 Å². The Hall–Kier alpha value is -1.65. The minimum absolute atomic E-state index is 0.101. The zero-order valence-electron chi connectivity index (χ0n) is 18.0. The Labute approximate surface area is 202 Å². The van der Waals surface area contributed by atoms with E-state index in [1.165, 1.54) is 23.9 Å². The molecule has 33 heavy (non-hydrogen) atoms. The Morgan fingerprint density at radius 1 is 1.15 bits per heavy atom. The number of thioether (sulfide) groups is 1. The maximum Gasteiger partial charge on any atom is 0.243 e. The smallest absolute Gasteiger partial charge is 0.243 e. The Morgan fingerprint density at radius 3 is 2.70 bits per heavy atom. The molecule has 1 atom stereocenters. The second-order valence-electron chi connectivity index (χ2n) is 8.43. The van der Waals surface area contributed by atoms with Crippen LogP contribution in [0.15, 0.2) is 46.5 Å². The molecular weight excluding hydrogens is 485 g/mol. The average molecular weight is 510 g/mol. The lowest BCUT2D eigenvalue weighted by atomic mass is 10.2. The number of halogens is 2. The molecule has 176 valence electrons. The molecule has 0 unspecified atom stereocenters. The first-order valence-electron chi connectivity index (χ1n) is 11.1. The molecule has 0 amide bonds. The highest BCUT2D eigenvalue weighted by atomic mass is 35.5. The molecule has 3 aromatic rings. The number of imidazole rings is 1. The zero-order valence-corrected chi connectivity index (χ0v) is 20.4. The van der Waals surface area contributed by atoms with Gasteiger partial charge in [0.05, 0.1) is 28.6 Å². The average Bonchev–Trinajstić information content (AvgIpc) is 3.55. The lowest BCUT2D eigenvalue weighted by Gasteiger charge is -2.16.